The highest BCUT2D eigenvalue weighted by molar-refractivity contribution is 5.77. The van der Waals surface area contributed by atoms with E-state index >= 15 is 0 Å². The average molecular weight is 189 g/mol. The first-order valence-electron chi connectivity index (χ1n) is 3.89. The Labute approximate surface area is 76.5 Å². The first-order valence-corrected chi connectivity index (χ1v) is 3.89. The molecule has 0 amide bonds. The minimum Gasteiger partial charge on any atom is -0.545 e. The Morgan fingerprint density at radius 2 is 2.15 bits per heavy atom. The molecule has 0 saturated carbocycles. The van der Waals surface area contributed by atoms with Gasteiger partial charge >= 0.3 is 0 Å². The van der Waals surface area contributed by atoms with Crippen molar-refractivity contribution in [1.82, 2.24) is 0 Å². The van der Waals surface area contributed by atoms with E-state index < -0.39 is 5.97 Å². The summed E-state index contributed by atoms with van der Waals surface area (Å²) in [6.45, 7) is 2.86. The van der Waals surface area contributed by atoms with Gasteiger partial charge in [0, 0.05) is 5.92 Å². The second-order valence-corrected chi connectivity index (χ2v) is 2.44. The molecule has 0 spiro atoms. The van der Waals surface area contributed by atoms with Gasteiger partial charge in [-0.25, -0.2) is 9.78 Å². The van der Waals surface area contributed by atoms with Crippen molar-refractivity contribution in [2.24, 2.45) is 5.92 Å². The zero-order valence-electron chi connectivity index (χ0n) is 7.43. The molecule has 1 fully saturated rings. The zero-order valence-corrected chi connectivity index (χ0v) is 7.43. The minimum atomic E-state index is -1.14. The van der Waals surface area contributed by atoms with E-state index in [0.717, 1.165) is 6.08 Å². The zero-order chi connectivity index (χ0) is 10.1. The second kappa shape index (κ2) is 7.72. The molecule has 0 unspecified atom stereocenters. The number of carboxylic acid groups (broad SMARTS) is 1. The fourth-order valence-corrected chi connectivity index (χ4v) is 0.578. The van der Waals surface area contributed by atoms with E-state index in [9.17, 15) is 9.90 Å². The Morgan fingerprint density at radius 1 is 1.62 bits per heavy atom. The van der Waals surface area contributed by atoms with Crippen molar-refractivity contribution in [3.8, 4) is 0 Å². The molecular formula is C8H13O5-. The summed E-state index contributed by atoms with van der Waals surface area (Å²) in [5, 5.41) is 17.8. The molecule has 1 N–H and O–H groups in total. The lowest BCUT2D eigenvalue weighted by atomic mass is 10.2. The number of carbonyl (C=O) groups excluding carboxylic acids is 1. The lowest BCUT2D eigenvalue weighted by Crippen LogP contribution is -2.18. The van der Waals surface area contributed by atoms with Crippen molar-refractivity contribution in [1.29, 1.82) is 0 Å². The Balaban J connectivity index is 0.000000226. The number of hydrogen-bond acceptors (Lipinski definition) is 5. The van der Waals surface area contributed by atoms with Crippen molar-refractivity contribution >= 4 is 5.97 Å². The number of aliphatic hydroxyl groups is 1. The minimum absolute atomic E-state index is 0.167. The number of aliphatic carboxylic acids is 1. The summed E-state index contributed by atoms with van der Waals surface area (Å²) in [4.78, 5) is 18.4. The molecule has 1 saturated heterocycles. The van der Waals surface area contributed by atoms with Crippen molar-refractivity contribution in [2.45, 2.75) is 6.92 Å². The van der Waals surface area contributed by atoms with Crippen LogP contribution in [0.1, 0.15) is 6.92 Å². The molecular weight excluding hydrogens is 176 g/mol. The van der Waals surface area contributed by atoms with Gasteiger partial charge in [0.2, 0.25) is 0 Å². The van der Waals surface area contributed by atoms with Crippen LogP contribution in [0.5, 0.6) is 0 Å². The van der Waals surface area contributed by atoms with Crippen molar-refractivity contribution < 1.29 is 24.8 Å². The smallest absolute Gasteiger partial charge is 0.0895 e. The van der Waals surface area contributed by atoms with Gasteiger partial charge in [0.15, 0.2) is 0 Å². The topological polar surface area (TPSA) is 78.8 Å². The van der Waals surface area contributed by atoms with Crippen molar-refractivity contribution in [3.05, 3.63) is 12.2 Å². The van der Waals surface area contributed by atoms with E-state index in [1.807, 2.05) is 0 Å². The highest BCUT2D eigenvalue weighted by Crippen LogP contribution is 2.04. The van der Waals surface area contributed by atoms with Gasteiger partial charge < -0.3 is 15.0 Å². The average Bonchev–Trinajstić information content (AvgIpc) is 2.56. The van der Waals surface area contributed by atoms with Gasteiger partial charge in [-0.2, -0.15) is 0 Å². The van der Waals surface area contributed by atoms with Crippen molar-refractivity contribution in [3.63, 3.8) is 0 Å². The molecule has 0 aliphatic carbocycles. The third kappa shape index (κ3) is 7.45. The van der Waals surface area contributed by atoms with E-state index in [-0.39, 0.29) is 12.5 Å². The number of hydrogen-bond donors (Lipinski definition) is 1. The SMILES string of the molecule is C/C=C/C(=O)[O-].OCC1COOC1. The maximum atomic E-state index is 9.40. The molecule has 5 nitrogen and oxygen atoms in total. The summed E-state index contributed by atoms with van der Waals surface area (Å²) >= 11 is 0. The van der Waals surface area contributed by atoms with Crippen LogP contribution in [0.3, 0.4) is 0 Å². The first-order chi connectivity index (χ1) is 6.20. The van der Waals surface area contributed by atoms with Gasteiger partial charge in [0.1, 0.15) is 0 Å². The summed E-state index contributed by atoms with van der Waals surface area (Å²) in [5.74, 6) is -0.933. The van der Waals surface area contributed by atoms with Crippen LogP contribution in [0, 0.1) is 5.92 Å². The van der Waals surface area contributed by atoms with E-state index in [0.29, 0.717) is 13.2 Å². The summed E-state index contributed by atoms with van der Waals surface area (Å²) < 4.78 is 0. The molecule has 1 heterocycles. The number of carboxylic acids is 1. The molecule has 0 aromatic rings. The monoisotopic (exact) mass is 189 g/mol. The van der Waals surface area contributed by atoms with E-state index in [4.69, 9.17) is 5.11 Å². The predicted octanol–water partition coefficient (Wildman–Crippen LogP) is -1.13. The standard InChI is InChI=1S/C4H8O3.C4H6O2/c5-1-4-2-6-7-3-4;1-2-3-4(5)6/h4-5H,1-3H2;2-3H,1H3,(H,5,6)/p-1/b;3-2+. The summed E-state index contributed by atoms with van der Waals surface area (Å²) in [5.41, 5.74) is 0. The lowest BCUT2D eigenvalue weighted by Gasteiger charge is -1.93. The first kappa shape index (κ1) is 12.1. The Morgan fingerprint density at radius 3 is 2.31 bits per heavy atom. The molecule has 0 aromatic heterocycles. The predicted molar refractivity (Wildman–Crippen MR) is 42.3 cm³/mol. The number of rotatable bonds is 2. The number of aliphatic hydroxyl groups excluding tert-OH is 1. The Kier molecular flexibility index (Phi) is 7.18. The molecule has 0 radical (unpaired) electrons. The van der Waals surface area contributed by atoms with E-state index in [1.54, 1.807) is 6.92 Å². The number of carbonyl (C=O) groups is 1. The molecule has 5 heteroatoms. The van der Waals surface area contributed by atoms with Gasteiger partial charge in [-0.05, 0) is 13.0 Å². The van der Waals surface area contributed by atoms with Crippen LogP contribution in [0.25, 0.3) is 0 Å². The maximum Gasteiger partial charge on any atom is 0.0895 e. The summed E-state index contributed by atoms with van der Waals surface area (Å²) in [6.07, 6.45) is 2.38. The van der Waals surface area contributed by atoms with Crippen LogP contribution in [-0.4, -0.2) is 30.9 Å². The molecule has 1 rings (SSSR count). The molecule has 0 aromatic carbocycles. The Hall–Kier alpha value is -0.910. The van der Waals surface area contributed by atoms with Gasteiger partial charge in [0.25, 0.3) is 0 Å². The maximum absolute atomic E-state index is 9.40. The summed E-state index contributed by atoms with van der Waals surface area (Å²) in [6, 6.07) is 0. The molecule has 1 aliphatic rings. The highest BCUT2D eigenvalue weighted by Gasteiger charge is 2.14. The lowest BCUT2D eigenvalue weighted by molar-refractivity contribution is -0.297. The quantitative estimate of drug-likeness (QED) is 0.439. The van der Waals surface area contributed by atoms with Crippen molar-refractivity contribution in [2.75, 3.05) is 19.8 Å². The van der Waals surface area contributed by atoms with Crippen LogP contribution < -0.4 is 5.11 Å². The van der Waals surface area contributed by atoms with Crippen LogP contribution in [0.15, 0.2) is 12.2 Å². The van der Waals surface area contributed by atoms with Crippen LogP contribution in [0.4, 0.5) is 0 Å². The Bertz CT molecular complexity index is 160. The molecule has 13 heavy (non-hydrogen) atoms. The molecule has 76 valence electrons. The third-order valence-corrected chi connectivity index (χ3v) is 1.25. The number of allylic oxidation sites excluding steroid dienone is 1. The van der Waals surface area contributed by atoms with Gasteiger partial charge in [-0.3, -0.25) is 0 Å². The van der Waals surface area contributed by atoms with Crippen LogP contribution in [-0.2, 0) is 14.6 Å². The van der Waals surface area contributed by atoms with Gasteiger partial charge in [-0.1, -0.05) is 6.08 Å². The molecule has 0 bridgehead atoms. The summed E-state index contributed by atoms with van der Waals surface area (Å²) in [7, 11) is 0. The van der Waals surface area contributed by atoms with E-state index in [2.05, 4.69) is 9.78 Å². The fraction of sp³-hybridized carbons (Fsp3) is 0.625. The molecule has 0 atom stereocenters. The fourth-order valence-electron chi connectivity index (χ4n) is 0.578. The van der Waals surface area contributed by atoms with Crippen LogP contribution in [0.2, 0.25) is 0 Å². The third-order valence-electron chi connectivity index (χ3n) is 1.25. The largest absolute Gasteiger partial charge is 0.545 e. The van der Waals surface area contributed by atoms with E-state index in [1.165, 1.54) is 6.08 Å². The normalized spacial score (nSPS) is 17.1. The molecule has 1 aliphatic heterocycles. The van der Waals surface area contributed by atoms with Crippen LogP contribution >= 0.6 is 0 Å². The van der Waals surface area contributed by atoms with Gasteiger partial charge in [0.05, 0.1) is 25.8 Å². The van der Waals surface area contributed by atoms with Gasteiger partial charge in [-0.15, -0.1) is 0 Å². The highest BCUT2D eigenvalue weighted by atomic mass is 17.2. The second-order valence-electron chi connectivity index (χ2n) is 2.44.